The predicted molar refractivity (Wildman–Crippen MR) is 66.2 cm³/mol. The zero-order valence-electron chi connectivity index (χ0n) is 9.92. The highest BCUT2D eigenvalue weighted by molar-refractivity contribution is 6.30. The van der Waals surface area contributed by atoms with Crippen molar-refractivity contribution in [3.8, 4) is 5.75 Å². The summed E-state index contributed by atoms with van der Waals surface area (Å²) in [4.78, 5) is 0. The highest BCUT2D eigenvalue weighted by Gasteiger charge is 2.06. The van der Waals surface area contributed by atoms with E-state index in [-0.39, 0.29) is 6.10 Å². The fourth-order valence-corrected chi connectivity index (χ4v) is 1.49. The number of hydrogen-bond acceptors (Lipinski definition) is 3. The molecule has 1 rings (SSSR count). The van der Waals surface area contributed by atoms with Gasteiger partial charge in [0.15, 0.2) is 0 Å². The number of ether oxygens (including phenoxy) is 2. The Morgan fingerprint density at radius 2 is 2.19 bits per heavy atom. The zero-order chi connectivity index (χ0) is 12.0. The molecule has 0 aliphatic heterocycles. The summed E-state index contributed by atoms with van der Waals surface area (Å²) in [6.45, 7) is 3.24. The van der Waals surface area contributed by atoms with Crippen LogP contribution in [0.2, 0.25) is 5.02 Å². The minimum absolute atomic E-state index is 0.0816. The van der Waals surface area contributed by atoms with Gasteiger partial charge in [-0.25, -0.2) is 0 Å². The molecule has 1 aromatic carbocycles. The smallest absolute Gasteiger partial charge is 0.124 e. The Bertz CT molecular complexity index is 331. The topological polar surface area (TPSA) is 30.5 Å². The van der Waals surface area contributed by atoms with Crippen molar-refractivity contribution in [1.29, 1.82) is 0 Å². The van der Waals surface area contributed by atoms with Gasteiger partial charge in [-0.15, -0.1) is 0 Å². The maximum Gasteiger partial charge on any atom is 0.124 e. The molecule has 1 atom stereocenters. The van der Waals surface area contributed by atoms with Gasteiger partial charge in [0.25, 0.3) is 0 Å². The molecule has 0 radical (unpaired) electrons. The minimum Gasteiger partial charge on any atom is -0.491 e. The second kappa shape index (κ2) is 6.74. The van der Waals surface area contributed by atoms with E-state index in [2.05, 4.69) is 5.32 Å². The molecule has 0 fully saturated rings. The van der Waals surface area contributed by atoms with Gasteiger partial charge >= 0.3 is 0 Å². The molecule has 90 valence electrons. The fourth-order valence-electron chi connectivity index (χ4n) is 1.29. The van der Waals surface area contributed by atoms with E-state index in [4.69, 9.17) is 21.1 Å². The summed E-state index contributed by atoms with van der Waals surface area (Å²) in [5.74, 6) is 0.850. The first-order valence-corrected chi connectivity index (χ1v) is 5.63. The van der Waals surface area contributed by atoms with Gasteiger partial charge in [-0.05, 0) is 32.2 Å². The second-order valence-electron chi connectivity index (χ2n) is 3.64. The van der Waals surface area contributed by atoms with Gasteiger partial charge in [-0.3, -0.25) is 0 Å². The summed E-state index contributed by atoms with van der Waals surface area (Å²) in [6, 6.07) is 5.62. The van der Waals surface area contributed by atoms with Crippen molar-refractivity contribution < 1.29 is 9.47 Å². The van der Waals surface area contributed by atoms with Gasteiger partial charge in [0, 0.05) is 24.2 Å². The summed E-state index contributed by atoms with van der Waals surface area (Å²) < 4.78 is 10.8. The van der Waals surface area contributed by atoms with Crippen LogP contribution in [0.3, 0.4) is 0 Å². The van der Waals surface area contributed by atoms with Crippen LogP contribution >= 0.6 is 11.6 Å². The molecule has 1 N–H and O–H groups in total. The van der Waals surface area contributed by atoms with E-state index in [1.165, 1.54) is 0 Å². The van der Waals surface area contributed by atoms with E-state index in [1.54, 1.807) is 7.11 Å². The average Bonchev–Trinajstić information content (AvgIpc) is 2.28. The lowest BCUT2D eigenvalue weighted by Gasteiger charge is -2.14. The molecule has 4 heteroatoms. The molecule has 1 unspecified atom stereocenters. The van der Waals surface area contributed by atoms with Crippen LogP contribution in [0.25, 0.3) is 0 Å². The van der Waals surface area contributed by atoms with E-state index < -0.39 is 0 Å². The van der Waals surface area contributed by atoms with Crippen molar-refractivity contribution in [2.75, 3.05) is 20.8 Å². The minimum atomic E-state index is 0.0816. The van der Waals surface area contributed by atoms with Gasteiger partial charge in [0.05, 0.1) is 6.10 Å². The third kappa shape index (κ3) is 4.00. The number of rotatable bonds is 6. The van der Waals surface area contributed by atoms with Crippen LogP contribution < -0.4 is 10.1 Å². The van der Waals surface area contributed by atoms with Gasteiger partial charge in [0.2, 0.25) is 0 Å². The van der Waals surface area contributed by atoms with Crippen LogP contribution in [0, 0.1) is 0 Å². The Kier molecular flexibility index (Phi) is 5.60. The molecular weight excluding hydrogens is 226 g/mol. The summed E-state index contributed by atoms with van der Waals surface area (Å²) >= 11 is 5.93. The predicted octanol–water partition coefficient (Wildman–Crippen LogP) is 2.47. The summed E-state index contributed by atoms with van der Waals surface area (Å²) in [5, 5.41) is 3.80. The molecule has 0 aromatic heterocycles. The van der Waals surface area contributed by atoms with E-state index >= 15 is 0 Å². The van der Waals surface area contributed by atoms with Crippen molar-refractivity contribution in [2.45, 2.75) is 19.6 Å². The standard InChI is InChI=1S/C12H18ClNO2/c1-9(15-3)8-16-12-5-4-11(13)6-10(12)7-14-2/h4-6,9,14H,7-8H2,1-3H3. The molecule has 0 bridgehead atoms. The Hall–Kier alpha value is -0.770. The lowest BCUT2D eigenvalue weighted by molar-refractivity contribution is 0.0713. The van der Waals surface area contributed by atoms with Crippen molar-refractivity contribution in [3.05, 3.63) is 28.8 Å². The first-order valence-electron chi connectivity index (χ1n) is 5.26. The monoisotopic (exact) mass is 243 g/mol. The van der Waals surface area contributed by atoms with Gasteiger partial charge in [-0.2, -0.15) is 0 Å². The molecule has 0 saturated heterocycles. The molecular formula is C12H18ClNO2. The summed E-state index contributed by atoms with van der Waals surface area (Å²) in [7, 11) is 3.56. The molecule has 3 nitrogen and oxygen atoms in total. The van der Waals surface area contributed by atoms with Crippen LogP contribution in [-0.2, 0) is 11.3 Å². The fraction of sp³-hybridized carbons (Fsp3) is 0.500. The third-order valence-corrected chi connectivity index (χ3v) is 2.50. The summed E-state index contributed by atoms with van der Waals surface area (Å²) in [5.41, 5.74) is 1.05. The molecule has 16 heavy (non-hydrogen) atoms. The average molecular weight is 244 g/mol. The Balaban J connectivity index is 2.70. The zero-order valence-corrected chi connectivity index (χ0v) is 10.7. The van der Waals surface area contributed by atoms with Gasteiger partial charge < -0.3 is 14.8 Å². The number of methoxy groups -OCH3 is 1. The van der Waals surface area contributed by atoms with E-state index in [1.807, 2.05) is 32.2 Å². The van der Waals surface area contributed by atoms with Crippen LogP contribution in [0.4, 0.5) is 0 Å². The Morgan fingerprint density at radius 1 is 1.44 bits per heavy atom. The SMILES string of the molecule is CNCc1cc(Cl)ccc1OCC(C)OC. The van der Waals surface area contributed by atoms with Crippen molar-refractivity contribution in [2.24, 2.45) is 0 Å². The van der Waals surface area contributed by atoms with Crippen LogP contribution in [-0.4, -0.2) is 26.9 Å². The van der Waals surface area contributed by atoms with Crippen LogP contribution in [0.5, 0.6) is 5.75 Å². The third-order valence-electron chi connectivity index (χ3n) is 2.27. The van der Waals surface area contributed by atoms with E-state index in [0.717, 1.165) is 22.9 Å². The number of nitrogens with one attached hydrogen (secondary N) is 1. The molecule has 1 aromatic rings. The Labute approximate surface area is 102 Å². The maximum absolute atomic E-state index is 5.93. The summed E-state index contributed by atoms with van der Waals surface area (Å²) in [6.07, 6.45) is 0.0816. The molecule has 0 aliphatic rings. The Morgan fingerprint density at radius 3 is 2.81 bits per heavy atom. The number of hydrogen-bond donors (Lipinski definition) is 1. The quantitative estimate of drug-likeness (QED) is 0.833. The first kappa shape index (κ1) is 13.3. The largest absolute Gasteiger partial charge is 0.491 e. The van der Waals surface area contributed by atoms with Crippen LogP contribution in [0.1, 0.15) is 12.5 Å². The van der Waals surface area contributed by atoms with Crippen LogP contribution in [0.15, 0.2) is 18.2 Å². The highest BCUT2D eigenvalue weighted by atomic mass is 35.5. The van der Waals surface area contributed by atoms with E-state index in [9.17, 15) is 0 Å². The van der Waals surface area contributed by atoms with Crippen molar-refractivity contribution >= 4 is 11.6 Å². The molecule has 0 spiro atoms. The van der Waals surface area contributed by atoms with Gasteiger partial charge in [-0.1, -0.05) is 11.6 Å². The second-order valence-corrected chi connectivity index (χ2v) is 4.08. The lowest BCUT2D eigenvalue weighted by Crippen LogP contribution is -2.17. The number of benzene rings is 1. The molecule has 0 amide bonds. The molecule has 0 heterocycles. The molecule has 0 saturated carbocycles. The highest BCUT2D eigenvalue weighted by Crippen LogP contribution is 2.23. The van der Waals surface area contributed by atoms with Crippen molar-refractivity contribution in [1.82, 2.24) is 5.32 Å². The van der Waals surface area contributed by atoms with Gasteiger partial charge in [0.1, 0.15) is 12.4 Å². The first-order chi connectivity index (χ1) is 7.67. The molecule has 0 aliphatic carbocycles. The normalized spacial score (nSPS) is 12.5. The van der Waals surface area contributed by atoms with Crippen molar-refractivity contribution in [3.63, 3.8) is 0 Å². The van der Waals surface area contributed by atoms with E-state index in [0.29, 0.717) is 6.61 Å². The maximum atomic E-state index is 5.93. The lowest BCUT2D eigenvalue weighted by atomic mass is 10.2. The number of halogens is 1.